The number of ether oxygens (including phenoxy) is 1. The maximum Gasteiger partial charge on any atom is 0.127 e. The molecule has 1 aliphatic rings. The van der Waals surface area contributed by atoms with Crippen LogP contribution in [-0.2, 0) is 0 Å². The van der Waals surface area contributed by atoms with Gasteiger partial charge >= 0.3 is 0 Å². The molecule has 0 bridgehead atoms. The van der Waals surface area contributed by atoms with Gasteiger partial charge in [-0.05, 0) is 31.7 Å². The third-order valence-corrected chi connectivity index (χ3v) is 2.47. The van der Waals surface area contributed by atoms with Crippen molar-refractivity contribution in [3.8, 4) is 5.75 Å². The van der Waals surface area contributed by atoms with E-state index in [-0.39, 0.29) is 6.10 Å². The summed E-state index contributed by atoms with van der Waals surface area (Å²) in [6.45, 7) is 2.97. The zero-order valence-electron chi connectivity index (χ0n) is 8.58. The van der Waals surface area contributed by atoms with Crippen LogP contribution < -0.4 is 10.1 Å². The Kier molecular flexibility index (Phi) is 2.55. The predicted molar refractivity (Wildman–Crippen MR) is 58.4 cm³/mol. The van der Waals surface area contributed by atoms with Crippen LogP contribution in [0, 0.1) is 0 Å². The fourth-order valence-electron chi connectivity index (χ4n) is 1.69. The first-order chi connectivity index (χ1) is 6.81. The maximum atomic E-state index is 5.79. The molecule has 1 unspecified atom stereocenters. The van der Waals surface area contributed by atoms with Crippen LogP contribution in [0.5, 0.6) is 5.75 Å². The van der Waals surface area contributed by atoms with Crippen molar-refractivity contribution in [2.24, 2.45) is 0 Å². The first-order valence-corrected chi connectivity index (χ1v) is 4.92. The fraction of sp³-hybridized carbons (Fsp3) is 0.333. The second-order valence-corrected chi connectivity index (χ2v) is 3.55. The molecule has 1 aromatic rings. The summed E-state index contributed by atoms with van der Waals surface area (Å²) in [7, 11) is 1.95. The number of fused-ring (bicyclic) bond motifs is 1. The Labute approximate surface area is 84.6 Å². The zero-order valence-corrected chi connectivity index (χ0v) is 8.58. The fourth-order valence-corrected chi connectivity index (χ4v) is 1.69. The second kappa shape index (κ2) is 3.84. The van der Waals surface area contributed by atoms with Crippen molar-refractivity contribution in [3.63, 3.8) is 0 Å². The van der Waals surface area contributed by atoms with E-state index in [1.165, 1.54) is 11.1 Å². The van der Waals surface area contributed by atoms with Crippen molar-refractivity contribution >= 4 is 6.08 Å². The summed E-state index contributed by atoms with van der Waals surface area (Å²) < 4.78 is 5.79. The van der Waals surface area contributed by atoms with Crippen molar-refractivity contribution in [3.05, 3.63) is 35.4 Å². The molecule has 0 saturated heterocycles. The molecule has 2 nitrogen and oxygen atoms in total. The lowest BCUT2D eigenvalue weighted by molar-refractivity contribution is 0.250. The molecular formula is C12H15NO. The molecule has 2 rings (SSSR count). The Bertz CT molecular complexity index is 357. The van der Waals surface area contributed by atoms with E-state index in [1.54, 1.807) is 0 Å². The number of para-hydroxylation sites is 1. The first-order valence-electron chi connectivity index (χ1n) is 4.92. The summed E-state index contributed by atoms with van der Waals surface area (Å²) in [5.41, 5.74) is 2.47. The van der Waals surface area contributed by atoms with Crippen LogP contribution in [0.15, 0.2) is 29.8 Å². The molecular weight excluding hydrogens is 174 g/mol. The van der Waals surface area contributed by atoms with Gasteiger partial charge in [0.2, 0.25) is 0 Å². The minimum atomic E-state index is 0.178. The lowest BCUT2D eigenvalue weighted by atomic mass is 10.0. The highest BCUT2D eigenvalue weighted by Gasteiger charge is 2.16. The van der Waals surface area contributed by atoms with Crippen LogP contribution >= 0.6 is 0 Å². The van der Waals surface area contributed by atoms with E-state index >= 15 is 0 Å². The summed E-state index contributed by atoms with van der Waals surface area (Å²) in [4.78, 5) is 0. The molecule has 1 aromatic carbocycles. The van der Waals surface area contributed by atoms with E-state index in [2.05, 4.69) is 24.4 Å². The van der Waals surface area contributed by atoms with Crippen LogP contribution in [0.2, 0.25) is 0 Å². The quantitative estimate of drug-likeness (QED) is 0.769. The van der Waals surface area contributed by atoms with Crippen molar-refractivity contribution in [1.82, 2.24) is 5.32 Å². The van der Waals surface area contributed by atoms with Gasteiger partial charge in [0.25, 0.3) is 0 Å². The summed E-state index contributed by atoms with van der Waals surface area (Å²) in [6, 6.07) is 8.13. The number of hydrogen-bond donors (Lipinski definition) is 1. The third kappa shape index (κ3) is 1.66. The molecule has 0 fully saturated rings. The smallest absolute Gasteiger partial charge is 0.127 e. The molecule has 1 heterocycles. The van der Waals surface area contributed by atoms with Crippen molar-refractivity contribution < 1.29 is 4.74 Å². The Morgan fingerprint density at radius 1 is 1.36 bits per heavy atom. The molecule has 0 saturated carbocycles. The van der Waals surface area contributed by atoms with Crippen molar-refractivity contribution in [2.75, 3.05) is 13.6 Å². The van der Waals surface area contributed by atoms with Crippen LogP contribution in [0.3, 0.4) is 0 Å². The van der Waals surface area contributed by atoms with Crippen LogP contribution in [-0.4, -0.2) is 19.7 Å². The zero-order chi connectivity index (χ0) is 9.97. The molecule has 2 heteroatoms. The van der Waals surface area contributed by atoms with Crippen molar-refractivity contribution in [2.45, 2.75) is 13.0 Å². The van der Waals surface area contributed by atoms with Gasteiger partial charge in [0.15, 0.2) is 0 Å². The van der Waals surface area contributed by atoms with Gasteiger partial charge in [-0.3, -0.25) is 0 Å². The van der Waals surface area contributed by atoms with Crippen LogP contribution in [0.25, 0.3) is 6.08 Å². The Morgan fingerprint density at radius 3 is 2.93 bits per heavy atom. The third-order valence-electron chi connectivity index (χ3n) is 2.47. The summed E-state index contributed by atoms with van der Waals surface area (Å²) in [6.07, 6.45) is 2.39. The minimum absolute atomic E-state index is 0.178. The standard InChI is InChI=1S/C12H15NO/c1-9-11(8-13-2)7-10-5-3-4-6-12(10)14-9/h3-7,9,13H,8H2,1-2H3. The molecule has 1 aliphatic heterocycles. The molecule has 1 N–H and O–H groups in total. The average Bonchev–Trinajstić information content (AvgIpc) is 2.19. The number of likely N-dealkylation sites (N-methyl/N-ethyl adjacent to an activating group) is 1. The van der Waals surface area contributed by atoms with Crippen LogP contribution in [0.1, 0.15) is 12.5 Å². The average molecular weight is 189 g/mol. The Balaban J connectivity index is 2.34. The monoisotopic (exact) mass is 189 g/mol. The highest BCUT2D eigenvalue weighted by atomic mass is 16.5. The summed E-state index contributed by atoms with van der Waals surface area (Å²) in [5.74, 6) is 0.986. The molecule has 1 atom stereocenters. The molecule has 74 valence electrons. The van der Waals surface area contributed by atoms with Crippen molar-refractivity contribution in [1.29, 1.82) is 0 Å². The Morgan fingerprint density at radius 2 is 2.14 bits per heavy atom. The number of hydrogen-bond acceptors (Lipinski definition) is 2. The number of nitrogens with one attached hydrogen (secondary N) is 1. The lowest BCUT2D eigenvalue weighted by Crippen LogP contribution is -2.25. The van der Waals surface area contributed by atoms with E-state index in [1.807, 2.05) is 25.2 Å². The van der Waals surface area contributed by atoms with E-state index in [9.17, 15) is 0 Å². The summed E-state index contributed by atoms with van der Waals surface area (Å²) >= 11 is 0. The summed E-state index contributed by atoms with van der Waals surface area (Å²) in [5, 5.41) is 3.15. The highest BCUT2D eigenvalue weighted by Crippen LogP contribution is 2.28. The molecule has 0 aliphatic carbocycles. The maximum absolute atomic E-state index is 5.79. The van der Waals surface area contributed by atoms with Gasteiger partial charge in [-0.1, -0.05) is 18.2 Å². The topological polar surface area (TPSA) is 21.3 Å². The SMILES string of the molecule is CNCC1=Cc2ccccc2OC1C. The first kappa shape index (κ1) is 9.28. The second-order valence-electron chi connectivity index (χ2n) is 3.55. The van der Waals surface area contributed by atoms with E-state index in [0.717, 1.165) is 12.3 Å². The van der Waals surface area contributed by atoms with Crippen LogP contribution in [0.4, 0.5) is 0 Å². The van der Waals surface area contributed by atoms with E-state index in [0.29, 0.717) is 0 Å². The van der Waals surface area contributed by atoms with E-state index < -0.39 is 0 Å². The molecule has 14 heavy (non-hydrogen) atoms. The molecule has 0 amide bonds. The van der Waals surface area contributed by atoms with Gasteiger partial charge in [0, 0.05) is 12.1 Å². The van der Waals surface area contributed by atoms with Gasteiger partial charge < -0.3 is 10.1 Å². The minimum Gasteiger partial charge on any atom is -0.486 e. The Hall–Kier alpha value is -1.28. The van der Waals surface area contributed by atoms with Gasteiger partial charge in [-0.15, -0.1) is 0 Å². The predicted octanol–water partition coefficient (Wildman–Crippen LogP) is 2.07. The number of benzene rings is 1. The highest BCUT2D eigenvalue weighted by molar-refractivity contribution is 5.63. The van der Waals surface area contributed by atoms with Gasteiger partial charge in [0.05, 0.1) is 0 Å². The lowest BCUT2D eigenvalue weighted by Gasteiger charge is -2.24. The number of rotatable bonds is 2. The van der Waals surface area contributed by atoms with Gasteiger partial charge in [0.1, 0.15) is 11.9 Å². The van der Waals surface area contributed by atoms with E-state index in [4.69, 9.17) is 4.74 Å². The molecule has 0 aromatic heterocycles. The molecule has 0 radical (unpaired) electrons. The van der Waals surface area contributed by atoms with Gasteiger partial charge in [-0.25, -0.2) is 0 Å². The molecule has 0 spiro atoms. The largest absolute Gasteiger partial charge is 0.486 e. The normalized spacial score (nSPS) is 19.6. The van der Waals surface area contributed by atoms with Gasteiger partial charge in [-0.2, -0.15) is 0 Å².